The minimum absolute atomic E-state index is 0.0381. The van der Waals surface area contributed by atoms with Crippen LogP contribution in [0.1, 0.15) is 27.7 Å². The van der Waals surface area contributed by atoms with E-state index in [0.717, 1.165) is 0 Å². The number of nitrogens with one attached hydrogen (secondary N) is 2. The molecule has 0 spiro atoms. The maximum atomic E-state index is 12.2. The molecule has 0 rings (SSSR count). The summed E-state index contributed by atoms with van der Waals surface area (Å²) in [6.07, 6.45) is -0.375. The molecule has 0 fully saturated rings. The minimum atomic E-state index is -3.27. The molecule has 8 heteroatoms. The van der Waals surface area contributed by atoms with Gasteiger partial charge in [0.15, 0.2) is 5.17 Å². The Morgan fingerprint density at radius 3 is 2.18 bits per heavy atom. The second-order valence-corrected chi connectivity index (χ2v) is 6.80. The zero-order valence-corrected chi connectivity index (χ0v) is 12.4. The van der Waals surface area contributed by atoms with Gasteiger partial charge in [-0.2, -0.15) is 0 Å². The molecule has 0 aliphatic carbocycles. The summed E-state index contributed by atoms with van der Waals surface area (Å²) in [6, 6.07) is 0. The van der Waals surface area contributed by atoms with Gasteiger partial charge in [0.05, 0.1) is 12.2 Å². The number of hydrogen-bond acceptors (Lipinski definition) is 5. The molecule has 0 aliphatic heterocycles. The lowest BCUT2D eigenvalue weighted by Gasteiger charge is -2.23. The fourth-order valence-electron chi connectivity index (χ4n) is 0.998. The third-order valence-corrected chi connectivity index (χ3v) is 4.09. The van der Waals surface area contributed by atoms with Crippen molar-refractivity contribution in [3.8, 4) is 0 Å². The molecule has 102 valence electrons. The highest BCUT2D eigenvalue weighted by molar-refractivity contribution is 8.13. The molecular formula is C9H22N3O3PS. The van der Waals surface area contributed by atoms with Crippen LogP contribution in [-0.2, 0) is 13.6 Å². The quantitative estimate of drug-likeness (QED) is 0.273. The molecule has 0 saturated carbocycles. The largest absolute Gasteiger partial charge is 0.406 e. The van der Waals surface area contributed by atoms with Gasteiger partial charge in [0, 0.05) is 12.3 Å². The molecule has 0 aromatic rings. The highest BCUT2D eigenvalue weighted by Gasteiger charge is 2.26. The molecular weight excluding hydrogens is 261 g/mol. The lowest BCUT2D eigenvalue weighted by Crippen LogP contribution is -2.22. The zero-order chi connectivity index (χ0) is 13.5. The molecule has 0 amide bonds. The Morgan fingerprint density at radius 1 is 1.35 bits per heavy atom. The first kappa shape index (κ1) is 16.9. The van der Waals surface area contributed by atoms with Gasteiger partial charge in [-0.25, -0.2) is 9.65 Å². The molecule has 0 bridgehead atoms. The second-order valence-electron chi connectivity index (χ2n) is 3.93. The second kappa shape index (κ2) is 8.11. The van der Waals surface area contributed by atoms with Gasteiger partial charge in [0.1, 0.15) is 0 Å². The van der Waals surface area contributed by atoms with E-state index in [1.807, 2.05) is 0 Å². The van der Waals surface area contributed by atoms with Crippen molar-refractivity contribution in [1.82, 2.24) is 5.09 Å². The number of hydrogen-bond donors (Lipinski definition) is 3. The van der Waals surface area contributed by atoms with Gasteiger partial charge < -0.3 is 5.73 Å². The Kier molecular flexibility index (Phi) is 8.07. The predicted molar refractivity (Wildman–Crippen MR) is 72.4 cm³/mol. The van der Waals surface area contributed by atoms with Crippen molar-refractivity contribution < 1.29 is 13.6 Å². The number of thioether (sulfide) groups is 1. The zero-order valence-electron chi connectivity index (χ0n) is 10.7. The average Bonchev–Trinajstić information content (AvgIpc) is 2.09. The first-order valence-electron chi connectivity index (χ1n) is 5.44. The number of nitrogens with two attached hydrogens (primary N) is 1. The highest BCUT2D eigenvalue weighted by Crippen LogP contribution is 2.45. The third kappa shape index (κ3) is 9.62. The summed E-state index contributed by atoms with van der Waals surface area (Å²) in [4.78, 5) is 0. The van der Waals surface area contributed by atoms with Crippen molar-refractivity contribution in [3.63, 3.8) is 0 Å². The number of amidine groups is 1. The fourth-order valence-corrected chi connectivity index (χ4v) is 3.27. The van der Waals surface area contributed by atoms with Crippen molar-refractivity contribution in [2.45, 2.75) is 39.9 Å². The Bertz CT molecular complexity index is 273. The molecule has 0 heterocycles. The van der Waals surface area contributed by atoms with Crippen LogP contribution in [0.4, 0.5) is 0 Å². The highest BCUT2D eigenvalue weighted by atomic mass is 32.2. The van der Waals surface area contributed by atoms with Crippen LogP contribution in [0.2, 0.25) is 0 Å². The van der Waals surface area contributed by atoms with Crippen molar-refractivity contribution in [1.29, 1.82) is 5.41 Å². The van der Waals surface area contributed by atoms with E-state index in [1.165, 1.54) is 11.8 Å². The van der Waals surface area contributed by atoms with Crippen LogP contribution in [0.3, 0.4) is 0 Å². The van der Waals surface area contributed by atoms with Gasteiger partial charge in [-0.05, 0) is 27.7 Å². The summed E-state index contributed by atoms with van der Waals surface area (Å²) in [5.41, 5.74) is 5.19. The Labute approximate surface area is 107 Å². The van der Waals surface area contributed by atoms with Crippen molar-refractivity contribution >= 4 is 24.7 Å². The van der Waals surface area contributed by atoms with Crippen LogP contribution < -0.4 is 10.8 Å². The molecule has 0 aliphatic rings. The van der Waals surface area contributed by atoms with Gasteiger partial charge in [0.2, 0.25) is 0 Å². The first-order valence-corrected chi connectivity index (χ1v) is 7.97. The van der Waals surface area contributed by atoms with E-state index >= 15 is 0 Å². The molecule has 0 unspecified atom stereocenters. The topological polar surface area (TPSA) is 97.4 Å². The van der Waals surface area contributed by atoms with Crippen molar-refractivity contribution in [2.75, 3.05) is 12.3 Å². The summed E-state index contributed by atoms with van der Waals surface area (Å²) >= 11 is 1.18. The van der Waals surface area contributed by atoms with Crippen LogP contribution in [0, 0.1) is 5.41 Å². The van der Waals surface area contributed by atoms with Crippen LogP contribution in [0.25, 0.3) is 0 Å². The van der Waals surface area contributed by atoms with Crippen LogP contribution in [-0.4, -0.2) is 29.7 Å². The number of rotatable bonds is 8. The normalized spacial score (nSPS) is 12.4. The van der Waals surface area contributed by atoms with Crippen molar-refractivity contribution in [2.24, 2.45) is 5.73 Å². The van der Waals surface area contributed by atoms with E-state index < -0.39 is 7.75 Å². The van der Waals surface area contributed by atoms with Crippen LogP contribution in [0.15, 0.2) is 0 Å². The molecule has 6 nitrogen and oxygen atoms in total. The van der Waals surface area contributed by atoms with Gasteiger partial charge in [0.25, 0.3) is 0 Å². The summed E-state index contributed by atoms with van der Waals surface area (Å²) in [7, 11) is -3.27. The molecule has 0 saturated heterocycles. The maximum absolute atomic E-state index is 12.2. The van der Waals surface area contributed by atoms with Gasteiger partial charge in [-0.1, -0.05) is 11.8 Å². The molecule has 17 heavy (non-hydrogen) atoms. The lowest BCUT2D eigenvalue weighted by molar-refractivity contribution is 0.136. The lowest BCUT2D eigenvalue weighted by atomic mass is 10.5. The average molecular weight is 283 g/mol. The SMILES string of the molecule is CC(C)OP(=O)(NCCSC(=N)N)OC(C)C. The fraction of sp³-hybridized carbons (Fsp3) is 0.889. The molecule has 0 atom stereocenters. The Hall–Kier alpha value is -0.0700. The smallest absolute Gasteiger partial charge is 0.379 e. The van der Waals surface area contributed by atoms with E-state index in [4.69, 9.17) is 20.2 Å². The maximum Gasteiger partial charge on any atom is 0.406 e. The molecule has 0 aromatic carbocycles. The van der Waals surface area contributed by atoms with Gasteiger partial charge in [-0.3, -0.25) is 14.5 Å². The molecule has 0 aromatic heterocycles. The minimum Gasteiger partial charge on any atom is -0.379 e. The van der Waals surface area contributed by atoms with Crippen LogP contribution in [0.5, 0.6) is 0 Å². The summed E-state index contributed by atoms with van der Waals surface area (Å²) in [6.45, 7) is 7.58. The van der Waals surface area contributed by atoms with Crippen molar-refractivity contribution in [3.05, 3.63) is 0 Å². The summed E-state index contributed by atoms with van der Waals surface area (Å²) in [5, 5.41) is 9.83. The Morgan fingerprint density at radius 2 is 1.82 bits per heavy atom. The Balaban J connectivity index is 4.19. The van der Waals surface area contributed by atoms with Gasteiger partial charge in [-0.15, -0.1) is 0 Å². The van der Waals surface area contributed by atoms with E-state index in [9.17, 15) is 4.57 Å². The van der Waals surface area contributed by atoms with E-state index in [2.05, 4.69) is 5.09 Å². The first-order chi connectivity index (χ1) is 7.75. The van der Waals surface area contributed by atoms with Gasteiger partial charge >= 0.3 is 7.75 Å². The van der Waals surface area contributed by atoms with E-state index in [-0.39, 0.29) is 17.4 Å². The predicted octanol–water partition coefficient (Wildman–Crippen LogP) is 2.16. The standard InChI is InChI=1S/C9H22N3O3PS/c1-7(2)14-16(13,15-8(3)4)12-5-6-17-9(10)11/h7-8H,5-6H2,1-4H3,(H3,10,11)(H,12,13). The van der Waals surface area contributed by atoms with E-state index in [0.29, 0.717) is 12.3 Å². The summed E-state index contributed by atoms with van der Waals surface area (Å²) < 4.78 is 22.8. The molecule has 4 N–H and O–H groups in total. The van der Waals surface area contributed by atoms with E-state index in [1.54, 1.807) is 27.7 Å². The monoisotopic (exact) mass is 283 g/mol. The van der Waals surface area contributed by atoms with Crippen LogP contribution >= 0.6 is 19.5 Å². The third-order valence-electron chi connectivity index (χ3n) is 1.36. The molecule has 0 radical (unpaired) electrons. The summed E-state index contributed by atoms with van der Waals surface area (Å²) in [5.74, 6) is 0.544.